The van der Waals surface area contributed by atoms with Crippen molar-refractivity contribution in [1.82, 2.24) is 10.6 Å². The minimum Gasteiger partial charge on any atom is -0.494 e. The van der Waals surface area contributed by atoms with Gasteiger partial charge in [-0.1, -0.05) is 36.4 Å². The molecular formula is C19H23FN2O3. The molecule has 0 radical (unpaired) electrons. The number of amides is 2. The first-order valence-electron chi connectivity index (χ1n) is 8.09. The maximum absolute atomic E-state index is 13.6. The molecular weight excluding hydrogens is 323 g/mol. The van der Waals surface area contributed by atoms with Gasteiger partial charge in [-0.05, 0) is 36.6 Å². The van der Waals surface area contributed by atoms with E-state index in [0.29, 0.717) is 12.0 Å². The number of hydrogen-bond donors (Lipinski definition) is 3. The maximum Gasteiger partial charge on any atom is 0.315 e. The lowest BCUT2D eigenvalue weighted by Gasteiger charge is -2.18. The number of urea groups is 1. The van der Waals surface area contributed by atoms with Gasteiger partial charge < -0.3 is 20.5 Å². The number of aliphatic hydroxyl groups excluding tert-OH is 1. The van der Waals surface area contributed by atoms with Gasteiger partial charge in [0, 0.05) is 12.6 Å². The topological polar surface area (TPSA) is 70.6 Å². The molecule has 2 unspecified atom stereocenters. The van der Waals surface area contributed by atoms with Gasteiger partial charge >= 0.3 is 6.03 Å². The van der Waals surface area contributed by atoms with Crippen molar-refractivity contribution >= 4 is 6.03 Å². The van der Waals surface area contributed by atoms with E-state index < -0.39 is 11.9 Å². The lowest BCUT2D eigenvalue weighted by molar-refractivity contribution is 0.154. The molecule has 134 valence electrons. The predicted molar refractivity (Wildman–Crippen MR) is 93.8 cm³/mol. The molecule has 2 aromatic rings. The fraction of sp³-hybridized carbons (Fsp3) is 0.316. The Bertz CT molecular complexity index is 694. The van der Waals surface area contributed by atoms with Crippen molar-refractivity contribution in [3.63, 3.8) is 0 Å². The van der Waals surface area contributed by atoms with E-state index in [2.05, 4.69) is 10.6 Å². The third-order valence-electron chi connectivity index (χ3n) is 3.81. The number of halogens is 1. The van der Waals surface area contributed by atoms with Gasteiger partial charge in [-0.25, -0.2) is 9.18 Å². The number of carbonyl (C=O) groups excluding carboxylic acids is 1. The number of rotatable bonds is 7. The molecule has 25 heavy (non-hydrogen) atoms. The largest absolute Gasteiger partial charge is 0.494 e. The van der Waals surface area contributed by atoms with Crippen molar-refractivity contribution in [2.24, 2.45) is 0 Å². The van der Waals surface area contributed by atoms with Gasteiger partial charge in [-0.3, -0.25) is 0 Å². The van der Waals surface area contributed by atoms with E-state index in [1.807, 2.05) is 37.3 Å². The summed E-state index contributed by atoms with van der Waals surface area (Å²) in [6.07, 6.45) is -0.249. The van der Waals surface area contributed by atoms with Crippen LogP contribution in [0.25, 0.3) is 0 Å². The summed E-state index contributed by atoms with van der Waals surface area (Å²) in [7, 11) is 1.40. The standard InChI is InChI=1S/C19H23FN2O3/c1-13(10-17(23)15-6-4-3-5-7-15)22-19(24)21-12-14-8-9-18(25-2)16(20)11-14/h3-9,11,13,17,23H,10,12H2,1-2H3,(H2,21,22,24). The lowest BCUT2D eigenvalue weighted by atomic mass is 10.0. The van der Waals surface area contributed by atoms with E-state index in [0.717, 1.165) is 5.56 Å². The molecule has 3 N–H and O–H groups in total. The molecule has 0 saturated carbocycles. The molecule has 2 amide bonds. The van der Waals surface area contributed by atoms with Crippen LogP contribution in [0.1, 0.15) is 30.6 Å². The van der Waals surface area contributed by atoms with Gasteiger partial charge in [-0.2, -0.15) is 0 Å². The van der Waals surface area contributed by atoms with Crippen LogP contribution in [0.2, 0.25) is 0 Å². The molecule has 2 atom stereocenters. The molecule has 0 aliphatic heterocycles. The summed E-state index contributed by atoms with van der Waals surface area (Å²) < 4.78 is 18.5. The van der Waals surface area contributed by atoms with Crippen LogP contribution in [0.3, 0.4) is 0 Å². The van der Waals surface area contributed by atoms with Crippen LogP contribution in [0.15, 0.2) is 48.5 Å². The summed E-state index contributed by atoms with van der Waals surface area (Å²) >= 11 is 0. The number of benzene rings is 2. The summed E-state index contributed by atoms with van der Waals surface area (Å²) in [6.45, 7) is 2.01. The molecule has 0 saturated heterocycles. The van der Waals surface area contributed by atoms with Crippen LogP contribution < -0.4 is 15.4 Å². The number of aliphatic hydroxyl groups is 1. The van der Waals surface area contributed by atoms with Crippen LogP contribution in [0.4, 0.5) is 9.18 Å². The van der Waals surface area contributed by atoms with Crippen LogP contribution in [-0.2, 0) is 6.54 Å². The zero-order valence-electron chi connectivity index (χ0n) is 14.3. The Labute approximate surface area is 146 Å². The lowest BCUT2D eigenvalue weighted by Crippen LogP contribution is -2.41. The van der Waals surface area contributed by atoms with Crippen LogP contribution in [-0.4, -0.2) is 24.3 Å². The third-order valence-corrected chi connectivity index (χ3v) is 3.81. The highest BCUT2D eigenvalue weighted by molar-refractivity contribution is 5.74. The Morgan fingerprint density at radius 1 is 1.24 bits per heavy atom. The smallest absolute Gasteiger partial charge is 0.315 e. The van der Waals surface area contributed by atoms with Crippen molar-refractivity contribution in [2.75, 3.05) is 7.11 Å². The maximum atomic E-state index is 13.6. The normalized spacial score (nSPS) is 13.0. The first kappa shape index (κ1) is 18.7. The number of carbonyl (C=O) groups is 1. The van der Waals surface area contributed by atoms with E-state index >= 15 is 0 Å². The number of ether oxygens (including phenoxy) is 1. The zero-order valence-corrected chi connectivity index (χ0v) is 14.3. The fourth-order valence-corrected chi connectivity index (χ4v) is 2.48. The van der Waals surface area contributed by atoms with Gasteiger partial charge in [0.15, 0.2) is 11.6 Å². The number of nitrogens with one attached hydrogen (secondary N) is 2. The quantitative estimate of drug-likeness (QED) is 0.721. The average molecular weight is 346 g/mol. The molecule has 0 aromatic heterocycles. The molecule has 6 heteroatoms. The Kier molecular flexibility index (Phi) is 6.77. The number of hydrogen-bond acceptors (Lipinski definition) is 3. The SMILES string of the molecule is COc1ccc(CNC(=O)NC(C)CC(O)c2ccccc2)cc1F. The van der Waals surface area contributed by atoms with Crippen LogP contribution >= 0.6 is 0 Å². The van der Waals surface area contributed by atoms with Crippen molar-refractivity contribution in [3.05, 3.63) is 65.5 Å². The van der Waals surface area contributed by atoms with E-state index in [4.69, 9.17) is 4.74 Å². The number of methoxy groups -OCH3 is 1. The summed E-state index contributed by atoms with van der Waals surface area (Å²) in [6, 6.07) is 13.2. The molecule has 0 bridgehead atoms. The van der Waals surface area contributed by atoms with Crippen molar-refractivity contribution < 1.29 is 19.0 Å². The molecule has 0 heterocycles. The van der Waals surface area contributed by atoms with Crippen molar-refractivity contribution in [1.29, 1.82) is 0 Å². The summed E-state index contributed by atoms with van der Waals surface area (Å²) in [5.74, 6) is -0.307. The highest BCUT2D eigenvalue weighted by atomic mass is 19.1. The van der Waals surface area contributed by atoms with E-state index in [-0.39, 0.29) is 24.4 Å². The minimum atomic E-state index is -0.646. The Morgan fingerprint density at radius 2 is 1.96 bits per heavy atom. The second-order valence-electron chi connectivity index (χ2n) is 5.86. The van der Waals surface area contributed by atoms with Crippen molar-refractivity contribution in [3.8, 4) is 5.75 Å². The molecule has 0 aliphatic carbocycles. The monoisotopic (exact) mass is 346 g/mol. The summed E-state index contributed by atoms with van der Waals surface area (Å²) in [4.78, 5) is 11.9. The van der Waals surface area contributed by atoms with Gasteiger partial charge in [0.05, 0.1) is 13.2 Å². The summed E-state index contributed by atoms with van der Waals surface area (Å²) in [5.41, 5.74) is 1.44. The van der Waals surface area contributed by atoms with E-state index in [1.54, 1.807) is 6.07 Å². The van der Waals surface area contributed by atoms with Crippen LogP contribution in [0.5, 0.6) is 5.75 Å². The Balaban J connectivity index is 1.78. The predicted octanol–water partition coefficient (Wildman–Crippen LogP) is 3.15. The molecule has 0 fully saturated rings. The minimum absolute atomic E-state index is 0.164. The van der Waals surface area contributed by atoms with Crippen LogP contribution in [0, 0.1) is 5.82 Å². The molecule has 2 aromatic carbocycles. The second kappa shape index (κ2) is 9.03. The Morgan fingerprint density at radius 3 is 2.60 bits per heavy atom. The molecule has 0 spiro atoms. The molecule has 5 nitrogen and oxygen atoms in total. The van der Waals surface area contributed by atoms with E-state index in [9.17, 15) is 14.3 Å². The zero-order chi connectivity index (χ0) is 18.2. The van der Waals surface area contributed by atoms with Gasteiger partial charge in [-0.15, -0.1) is 0 Å². The molecule has 0 aliphatic rings. The van der Waals surface area contributed by atoms with Crippen molar-refractivity contribution in [2.45, 2.75) is 32.0 Å². The fourth-order valence-electron chi connectivity index (χ4n) is 2.48. The Hall–Kier alpha value is -2.60. The third kappa shape index (κ3) is 5.76. The first-order valence-corrected chi connectivity index (χ1v) is 8.09. The second-order valence-corrected chi connectivity index (χ2v) is 5.86. The van der Waals surface area contributed by atoms with E-state index in [1.165, 1.54) is 19.2 Å². The van der Waals surface area contributed by atoms with Gasteiger partial charge in [0.1, 0.15) is 0 Å². The first-order chi connectivity index (χ1) is 12.0. The highest BCUT2D eigenvalue weighted by Crippen LogP contribution is 2.18. The average Bonchev–Trinajstić information content (AvgIpc) is 2.60. The van der Waals surface area contributed by atoms with Gasteiger partial charge in [0.2, 0.25) is 0 Å². The highest BCUT2D eigenvalue weighted by Gasteiger charge is 2.14. The molecule has 2 rings (SSSR count). The van der Waals surface area contributed by atoms with Gasteiger partial charge in [0.25, 0.3) is 0 Å². The summed E-state index contributed by atoms with van der Waals surface area (Å²) in [5, 5.41) is 15.6.